The van der Waals surface area contributed by atoms with Crippen molar-refractivity contribution in [1.29, 1.82) is 0 Å². The first kappa shape index (κ1) is 47.1. The first-order chi connectivity index (χ1) is 29.6. The summed E-state index contributed by atoms with van der Waals surface area (Å²) in [5.74, 6) is -0.0237. The molecule has 17 nitrogen and oxygen atoms in total. The van der Waals surface area contributed by atoms with Crippen molar-refractivity contribution in [2.45, 2.75) is 203 Å². The van der Waals surface area contributed by atoms with Gasteiger partial charge in [0, 0.05) is 24.2 Å². The van der Waals surface area contributed by atoms with Crippen LogP contribution in [0.3, 0.4) is 0 Å². The normalized spacial score (nSPS) is 57.2. The summed E-state index contributed by atoms with van der Waals surface area (Å²) in [6, 6.07) is 0. The van der Waals surface area contributed by atoms with E-state index >= 15 is 0 Å². The Kier molecular flexibility index (Phi) is 12.2. The predicted octanol–water partition coefficient (Wildman–Crippen LogP) is 0.606. The Labute approximate surface area is 369 Å². The van der Waals surface area contributed by atoms with E-state index in [1.165, 1.54) is 0 Å². The minimum Gasteiger partial charge on any atom is -0.394 e. The molecule has 0 aromatic carbocycles. The number of aliphatic hydroxyl groups is 9. The largest absolute Gasteiger partial charge is 0.394 e. The van der Waals surface area contributed by atoms with Gasteiger partial charge in [-0.3, -0.25) is 0 Å². The molecule has 0 unspecified atom stereocenters. The molecular weight excluding hydrogens is 824 g/mol. The zero-order valence-corrected chi connectivity index (χ0v) is 37.8. The third-order valence-electron chi connectivity index (χ3n) is 18.4. The standard InChI is InChI=1S/C46H74O17/c1-21(2)14-22-15-44(7,55)37-23-8-9-28-42(5)12-11-29(41(3,4)27(42)10-13-43(28,6)45(23)19-46(37,63-22)57-20-45)60-40-36(62-38-33(53)31(51)26(17-48)59-38)35(24(49)18-56-40)61-39-34(54)32(52)30(50)25(16-47)58-39/h14,22-40,47-55H,8-13,15-20H2,1-7H3/t22-,23+,24-,25+,26-,27-,28+,29-,30+,31-,32-,33+,34+,35-,36+,37-,38-,39-,40-,42-,43+,44-,45-,46-/m0/s1. The number of fused-ring (bicyclic) bond motifs is 4. The maximum atomic E-state index is 12.2. The van der Waals surface area contributed by atoms with Crippen LogP contribution in [0.4, 0.5) is 0 Å². The zero-order chi connectivity index (χ0) is 45.4. The molecule has 24 atom stereocenters. The Morgan fingerprint density at radius 2 is 1.35 bits per heavy atom. The van der Waals surface area contributed by atoms with E-state index in [9.17, 15) is 46.0 Å². The van der Waals surface area contributed by atoms with Crippen LogP contribution in [0.1, 0.15) is 99.8 Å². The Morgan fingerprint density at radius 1 is 0.714 bits per heavy atom. The Morgan fingerprint density at radius 3 is 2.00 bits per heavy atom. The minimum absolute atomic E-state index is 0.0626. The topological polar surface area (TPSA) is 256 Å². The molecule has 63 heavy (non-hydrogen) atoms. The minimum atomic E-state index is -1.79. The molecule has 5 heterocycles. The van der Waals surface area contributed by atoms with Gasteiger partial charge in [-0.15, -0.1) is 0 Å². The van der Waals surface area contributed by atoms with E-state index in [1.807, 2.05) is 6.92 Å². The molecule has 9 aliphatic rings. The van der Waals surface area contributed by atoms with Gasteiger partial charge in [-0.25, -0.2) is 0 Å². The highest BCUT2D eigenvalue weighted by Crippen LogP contribution is 2.80. The maximum Gasteiger partial charge on any atom is 0.187 e. The number of hydrogen-bond acceptors (Lipinski definition) is 17. The van der Waals surface area contributed by atoms with Crippen molar-refractivity contribution in [3.63, 3.8) is 0 Å². The lowest BCUT2D eigenvalue weighted by molar-refractivity contribution is -0.375. The quantitative estimate of drug-likeness (QED) is 0.114. The fourth-order valence-corrected chi connectivity index (χ4v) is 15.6. The molecule has 5 saturated heterocycles. The van der Waals surface area contributed by atoms with Crippen LogP contribution in [0.25, 0.3) is 0 Å². The van der Waals surface area contributed by atoms with Crippen LogP contribution in [0.2, 0.25) is 0 Å². The number of ether oxygens (including phenoxy) is 8. The summed E-state index contributed by atoms with van der Waals surface area (Å²) in [4.78, 5) is 0. The molecule has 9 fully saturated rings. The lowest BCUT2D eigenvalue weighted by atomic mass is 9.35. The van der Waals surface area contributed by atoms with E-state index < -0.39 is 110 Å². The van der Waals surface area contributed by atoms with Crippen LogP contribution in [0, 0.1) is 45.3 Å². The average Bonchev–Trinajstić information content (AvgIpc) is 3.83. The van der Waals surface area contributed by atoms with Gasteiger partial charge in [0.15, 0.2) is 24.7 Å². The molecule has 9 rings (SSSR count). The van der Waals surface area contributed by atoms with Crippen molar-refractivity contribution in [1.82, 2.24) is 0 Å². The van der Waals surface area contributed by atoms with Crippen molar-refractivity contribution < 1.29 is 83.9 Å². The number of aliphatic hydroxyl groups excluding tert-OH is 8. The molecular formula is C46H74O17. The molecule has 5 aliphatic heterocycles. The van der Waals surface area contributed by atoms with Gasteiger partial charge >= 0.3 is 0 Å². The number of rotatable bonds is 9. The summed E-state index contributed by atoms with van der Waals surface area (Å²) in [5, 5.41) is 96.7. The molecule has 4 saturated carbocycles. The predicted molar refractivity (Wildman–Crippen MR) is 219 cm³/mol. The van der Waals surface area contributed by atoms with E-state index in [4.69, 9.17) is 37.9 Å². The Hall–Kier alpha value is -0.940. The third-order valence-corrected chi connectivity index (χ3v) is 18.4. The van der Waals surface area contributed by atoms with Crippen LogP contribution in [0.5, 0.6) is 0 Å². The fourth-order valence-electron chi connectivity index (χ4n) is 15.6. The molecule has 9 N–H and O–H groups in total. The highest BCUT2D eigenvalue weighted by Gasteiger charge is 2.81. The van der Waals surface area contributed by atoms with Crippen molar-refractivity contribution in [3.05, 3.63) is 11.6 Å². The van der Waals surface area contributed by atoms with Crippen molar-refractivity contribution >= 4 is 0 Å². The lowest BCUT2D eigenvalue weighted by Gasteiger charge is -2.70. The summed E-state index contributed by atoms with van der Waals surface area (Å²) in [7, 11) is 0. The highest BCUT2D eigenvalue weighted by atomic mass is 16.8. The second kappa shape index (κ2) is 16.4. The molecule has 2 bridgehead atoms. The highest BCUT2D eigenvalue weighted by molar-refractivity contribution is 5.26. The Bertz CT molecular complexity index is 1710. The SMILES string of the molecule is CC(C)=C[C@H]1C[C@](C)(O)[C@@H]2[C@H]3CC[C@@H]4[C@@]5(C)CC[C@H](O[C@@H]6OC[C@H](O)[C@H](O[C@@H]7O[C@H](CO)[C@@H](O)[C@H](O)[C@H]7O)[C@H]6O[C@@H]6O[C@@H](CO)[C@H](O)[C@H]6O)C(C)(C)[C@@H]5CC[C@@]4(C)[C@@]34CO[C@@]2(C4)O1. The third kappa shape index (κ3) is 7.11. The Balaban J connectivity index is 0.969. The second-order valence-electron chi connectivity index (χ2n) is 22.5. The number of allylic oxidation sites excluding steroid dienone is 1. The summed E-state index contributed by atoms with van der Waals surface area (Å²) >= 11 is 0. The average molecular weight is 899 g/mol. The van der Waals surface area contributed by atoms with Crippen molar-refractivity contribution in [3.8, 4) is 0 Å². The molecule has 0 aromatic rings. The zero-order valence-electron chi connectivity index (χ0n) is 37.8. The van der Waals surface area contributed by atoms with E-state index in [-0.39, 0.29) is 52.8 Å². The van der Waals surface area contributed by atoms with Gasteiger partial charge in [0.05, 0.1) is 44.2 Å². The molecule has 360 valence electrons. The summed E-state index contributed by atoms with van der Waals surface area (Å²) < 4.78 is 50.7. The monoisotopic (exact) mass is 898 g/mol. The van der Waals surface area contributed by atoms with Gasteiger partial charge in [0.1, 0.15) is 61.0 Å². The van der Waals surface area contributed by atoms with Crippen LogP contribution in [-0.2, 0) is 37.9 Å². The summed E-state index contributed by atoms with van der Waals surface area (Å²) in [6.45, 7) is 14.6. The van der Waals surface area contributed by atoms with Gasteiger partial charge in [-0.2, -0.15) is 0 Å². The van der Waals surface area contributed by atoms with Gasteiger partial charge in [-0.1, -0.05) is 39.3 Å². The molecule has 17 heteroatoms. The molecule has 2 spiro atoms. The molecule has 0 radical (unpaired) electrons. The molecule has 0 amide bonds. The van der Waals surface area contributed by atoms with Crippen LogP contribution in [0.15, 0.2) is 11.6 Å². The van der Waals surface area contributed by atoms with E-state index in [0.29, 0.717) is 25.4 Å². The van der Waals surface area contributed by atoms with Gasteiger partial charge < -0.3 is 83.9 Å². The van der Waals surface area contributed by atoms with E-state index in [2.05, 4.69) is 47.6 Å². The molecule has 4 aliphatic carbocycles. The van der Waals surface area contributed by atoms with Crippen molar-refractivity contribution in [2.75, 3.05) is 26.4 Å². The summed E-state index contributed by atoms with van der Waals surface area (Å²) in [5.41, 5.74) is -0.453. The van der Waals surface area contributed by atoms with E-state index in [0.717, 1.165) is 44.1 Å². The maximum absolute atomic E-state index is 12.2. The van der Waals surface area contributed by atoms with Crippen molar-refractivity contribution in [2.24, 2.45) is 45.3 Å². The van der Waals surface area contributed by atoms with Gasteiger partial charge in [0.25, 0.3) is 0 Å². The van der Waals surface area contributed by atoms with Crippen LogP contribution < -0.4 is 0 Å². The second-order valence-corrected chi connectivity index (χ2v) is 22.5. The molecule has 0 aromatic heterocycles. The smallest absolute Gasteiger partial charge is 0.187 e. The van der Waals surface area contributed by atoms with E-state index in [1.54, 1.807) is 0 Å². The summed E-state index contributed by atoms with van der Waals surface area (Å²) in [6.07, 6.45) is -11.0. The lowest BCUT2D eigenvalue weighted by Crippen LogP contribution is -2.67. The first-order valence-corrected chi connectivity index (χ1v) is 23.5. The number of hydrogen-bond donors (Lipinski definition) is 9. The van der Waals surface area contributed by atoms with Crippen LogP contribution in [-0.4, -0.2) is 176 Å². The van der Waals surface area contributed by atoms with Gasteiger partial charge in [0.2, 0.25) is 0 Å². The first-order valence-electron chi connectivity index (χ1n) is 23.5. The fraction of sp³-hybridized carbons (Fsp3) is 0.957. The van der Waals surface area contributed by atoms with Crippen LogP contribution >= 0.6 is 0 Å². The van der Waals surface area contributed by atoms with Gasteiger partial charge in [-0.05, 0) is 93.3 Å².